The second-order valence-corrected chi connectivity index (χ2v) is 10.6. The highest BCUT2D eigenvalue weighted by Gasteiger charge is 2.73. The van der Waals surface area contributed by atoms with Gasteiger partial charge < -0.3 is 20.3 Å². The lowest BCUT2D eigenvalue weighted by molar-refractivity contribution is -0.191. The minimum absolute atomic E-state index is 0.0396. The molecular weight excluding hydrogens is 418 g/mol. The predicted molar refractivity (Wildman–Crippen MR) is 120 cm³/mol. The van der Waals surface area contributed by atoms with Gasteiger partial charge in [-0.05, 0) is 74.8 Å². The first-order chi connectivity index (χ1) is 16.0. The first-order valence-electron chi connectivity index (χ1n) is 12.2. The molecule has 33 heavy (non-hydrogen) atoms. The molecule has 172 valence electrons. The lowest BCUT2D eigenvalue weighted by Gasteiger charge is -2.64. The van der Waals surface area contributed by atoms with Gasteiger partial charge in [-0.3, -0.25) is 14.7 Å². The molecule has 2 aliphatic heterocycles. The van der Waals surface area contributed by atoms with E-state index in [1.807, 2.05) is 6.07 Å². The molecule has 1 saturated heterocycles. The monoisotopic (exact) mass is 447 g/mol. The molecule has 3 heterocycles. The standard InChI is InChI=1S/C26H29N3O4/c30-19-4-3-17-13-20-26(32)8-5-18(28-24(31)16-6-10-27-11-7-16)23-25(26,21(17)22(19)33-23)9-12-29(20)14-15-1-2-15/h3-4,6-7,10-11,15,18,20,23,30,32H,1-2,5,8-9,12-14H2,(H,28,31)/t18-,20-,23+,25?,26-/m1/s1. The van der Waals surface area contributed by atoms with Crippen molar-refractivity contribution < 1.29 is 19.7 Å². The summed E-state index contributed by atoms with van der Waals surface area (Å²) >= 11 is 0. The number of rotatable bonds is 4. The zero-order chi connectivity index (χ0) is 22.4. The normalized spacial score (nSPS) is 36.1. The van der Waals surface area contributed by atoms with Gasteiger partial charge in [-0.1, -0.05) is 6.07 Å². The van der Waals surface area contributed by atoms with Crippen LogP contribution in [0.15, 0.2) is 36.7 Å². The average molecular weight is 448 g/mol. The van der Waals surface area contributed by atoms with Gasteiger partial charge in [-0.25, -0.2) is 0 Å². The number of carbonyl (C=O) groups is 1. The smallest absolute Gasteiger partial charge is 0.251 e. The maximum atomic E-state index is 13.0. The first kappa shape index (κ1) is 19.8. The van der Waals surface area contributed by atoms with Gasteiger partial charge >= 0.3 is 0 Å². The fraction of sp³-hybridized carbons (Fsp3) is 0.538. The Bertz CT molecular complexity index is 1140. The molecule has 3 fully saturated rings. The van der Waals surface area contributed by atoms with Crippen molar-refractivity contribution in [3.05, 3.63) is 53.3 Å². The quantitative estimate of drug-likeness (QED) is 0.665. The second-order valence-electron chi connectivity index (χ2n) is 10.6. The number of likely N-dealkylation sites (tertiary alicyclic amines) is 1. The molecule has 5 atom stereocenters. The van der Waals surface area contributed by atoms with Crippen molar-refractivity contribution >= 4 is 5.91 Å². The fourth-order valence-corrected chi connectivity index (χ4v) is 7.38. The topological polar surface area (TPSA) is 94.9 Å². The molecule has 3 aliphatic carbocycles. The van der Waals surface area contributed by atoms with Gasteiger partial charge in [0.05, 0.1) is 17.1 Å². The molecule has 1 unspecified atom stereocenters. The molecular formula is C26H29N3O4. The summed E-state index contributed by atoms with van der Waals surface area (Å²) < 4.78 is 6.50. The molecule has 2 aromatic rings. The summed E-state index contributed by atoms with van der Waals surface area (Å²) in [4.78, 5) is 19.5. The largest absolute Gasteiger partial charge is 0.504 e. The van der Waals surface area contributed by atoms with Crippen molar-refractivity contribution in [3.8, 4) is 11.5 Å². The van der Waals surface area contributed by atoms with Crippen LogP contribution in [0.3, 0.4) is 0 Å². The SMILES string of the molecule is O=C(N[C@@H]1CC[C@@]2(O)[C@H]3Cc4ccc(O)c5c4C2(CCN3CC2CC2)[C@H]1O5)c1ccncc1. The summed E-state index contributed by atoms with van der Waals surface area (Å²) in [5, 5.41) is 26.4. The molecule has 7 nitrogen and oxygen atoms in total. The van der Waals surface area contributed by atoms with Crippen LogP contribution in [0.5, 0.6) is 11.5 Å². The second kappa shape index (κ2) is 6.70. The summed E-state index contributed by atoms with van der Waals surface area (Å²) in [6.07, 6.45) is 8.18. The van der Waals surface area contributed by atoms with Crippen LogP contribution < -0.4 is 10.1 Å². The van der Waals surface area contributed by atoms with Gasteiger partial charge in [0.15, 0.2) is 11.5 Å². The Morgan fingerprint density at radius 3 is 2.79 bits per heavy atom. The van der Waals surface area contributed by atoms with E-state index in [1.165, 1.54) is 18.4 Å². The molecule has 7 heteroatoms. The van der Waals surface area contributed by atoms with E-state index in [2.05, 4.69) is 15.2 Å². The Morgan fingerprint density at radius 1 is 1.18 bits per heavy atom. The third-order valence-corrected chi connectivity index (χ3v) is 9.02. The first-order valence-corrected chi connectivity index (χ1v) is 12.2. The lowest BCUT2D eigenvalue weighted by atomic mass is 9.48. The number of aromatic hydroxyl groups is 1. The Morgan fingerprint density at radius 2 is 2.00 bits per heavy atom. The van der Waals surface area contributed by atoms with Crippen molar-refractivity contribution in [2.24, 2.45) is 5.92 Å². The molecule has 1 amide bonds. The summed E-state index contributed by atoms with van der Waals surface area (Å²) in [5.74, 6) is 1.23. The number of hydrogen-bond donors (Lipinski definition) is 3. The Hall–Kier alpha value is -2.64. The van der Waals surface area contributed by atoms with Crippen LogP contribution in [0.4, 0.5) is 0 Å². The number of nitrogens with one attached hydrogen (secondary N) is 1. The van der Waals surface area contributed by atoms with Crippen molar-refractivity contribution in [3.63, 3.8) is 0 Å². The maximum Gasteiger partial charge on any atom is 0.251 e. The number of ether oxygens (including phenoxy) is 1. The van der Waals surface area contributed by atoms with E-state index in [-0.39, 0.29) is 23.7 Å². The molecule has 1 aromatic heterocycles. The molecule has 1 spiro atoms. The Labute approximate surface area is 192 Å². The number of phenolic OH excluding ortho intramolecular Hbond substituents is 1. The minimum atomic E-state index is -0.936. The molecule has 0 radical (unpaired) electrons. The zero-order valence-corrected chi connectivity index (χ0v) is 18.5. The number of aromatic nitrogens is 1. The molecule has 3 N–H and O–H groups in total. The highest BCUT2D eigenvalue weighted by atomic mass is 16.5. The average Bonchev–Trinajstić information content (AvgIpc) is 3.56. The van der Waals surface area contributed by atoms with Gasteiger partial charge in [0.1, 0.15) is 6.10 Å². The van der Waals surface area contributed by atoms with Gasteiger partial charge in [0.25, 0.3) is 5.91 Å². The number of nitrogens with zero attached hydrogens (tertiary/aromatic N) is 2. The summed E-state index contributed by atoms with van der Waals surface area (Å²) in [5.41, 5.74) is 1.16. The van der Waals surface area contributed by atoms with Gasteiger partial charge in [-0.2, -0.15) is 0 Å². The van der Waals surface area contributed by atoms with E-state index >= 15 is 0 Å². The van der Waals surface area contributed by atoms with Crippen molar-refractivity contribution in [2.75, 3.05) is 13.1 Å². The van der Waals surface area contributed by atoms with E-state index in [0.29, 0.717) is 24.2 Å². The number of phenols is 1. The van der Waals surface area contributed by atoms with Crippen molar-refractivity contribution in [2.45, 2.75) is 67.7 Å². The van der Waals surface area contributed by atoms with Gasteiger partial charge in [0, 0.05) is 36.1 Å². The number of benzene rings is 1. The fourth-order valence-electron chi connectivity index (χ4n) is 7.38. The summed E-state index contributed by atoms with van der Waals surface area (Å²) in [6, 6.07) is 6.92. The van der Waals surface area contributed by atoms with E-state index in [9.17, 15) is 15.0 Å². The number of pyridine rings is 1. The third-order valence-electron chi connectivity index (χ3n) is 9.02. The Balaban J connectivity index is 1.31. The summed E-state index contributed by atoms with van der Waals surface area (Å²) in [6.45, 7) is 1.96. The van der Waals surface area contributed by atoms with Crippen molar-refractivity contribution in [1.29, 1.82) is 0 Å². The minimum Gasteiger partial charge on any atom is -0.504 e. The number of aliphatic hydroxyl groups is 1. The van der Waals surface area contributed by atoms with Gasteiger partial charge in [0.2, 0.25) is 0 Å². The van der Waals surface area contributed by atoms with Crippen LogP contribution in [0.25, 0.3) is 0 Å². The molecule has 2 saturated carbocycles. The van der Waals surface area contributed by atoms with E-state index in [0.717, 1.165) is 37.4 Å². The van der Waals surface area contributed by atoms with Crippen LogP contribution >= 0.6 is 0 Å². The van der Waals surface area contributed by atoms with Crippen LogP contribution in [0.2, 0.25) is 0 Å². The maximum absolute atomic E-state index is 13.0. The summed E-state index contributed by atoms with van der Waals surface area (Å²) in [7, 11) is 0. The van der Waals surface area contributed by atoms with Gasteiger partial charge in [-0.15, -0.1) is 0 Å². The lowest BCUT2D eigenvalue weighted by Crippen LogP contribution is -2.78. The molecule has 2 bridgehead atoms. The highest BCUT2D eigenvalue weighted by Crippen LogP contribution is 2.65. The third kappa shape index (κ3) is 2.58. The molecule has 7 rings (SSSR count). The Kier molecular flexibility index (Phi) is 4.02. The molecule has 1 aromatic carbocycles. The zero-order valence-electron chi connectivity index (χ0n) is 18.5. The van der Waals surface area contributed by atoms with E-state index < -0.39 is 17.1 Å². The number of carbonyl (C=O) groups excluding carboxylic acids is 1. The highest BCUT2D eigenvalue weighted by molar-refractivity contribution is 5.94. The number of piperidine rings is 1. The van der Waals surface area contributed by atoms with Crippen LogP contribution in [-0.2, 0) is 11.8 Å². The van der Waals surface area contributed by atoms with Crippen LogP contribution in [-0.4, -0.2) is 62.9 Å². The van der Waals surface area contributed by atoms with E-state index in [4.69, 9.17) is 4.74 Å². The molecule has 5 aliphatic rings. The number of hydrogen-bond acceptors (Lipinski definition) is 6. The van der Waals surface area contributed by atoms with Crippen molar-refractivity contribution in [1.82, 2.24) is 15.2 Å². The van der Waals surface area contributed by atoms with E-state index in [1.54, 1.807) is 30.6 Å². The number of amides is 1. The van der Waals surface area contributed by atoms with Crippen LogP contribution in [0.1, 0.15) is 53.6 Å². The predicted octanol–water partition coefficient (Wildman–Crippen LogP) is 2.15. The van der Waals surface area contributed by atoms with Crippen LogP contribution in [0, 0.1) is 5.92 Å².